The lowest BCUT2D eigenvalue weighted by atomic mass is 9.74. The molecule has 0 saturated carbocycles. The molecule has 3 nitrogen and oxygen atoms in total. The highest BCUT2D eigenvalue weighted by Crippen LogP contribution is 2.36. The third kappa shape index (κ3) is 5.80. The van der Waals surface area contributed by atoms with Crippen LogP contribution >= 0.6 is 0 Å². The largest absolute Gasteiger partial charge is 0.494 e. The van der Waals surface area contributed by atoms with Gasteiger partial charge in [0.05, 0.1) is 25.4 Å². The first-order chi connectivity index (χ1) is 16.4. The monoisotopic (exact) mass is 469 g/mol. The van der Waals surface area contributed by atoms with Gasteiger partial charge in [-0.05, 0) is 85.4 Å². The number of rotatable bonds is 8. The van der Waals surface area contributed by atoms with Gasteiger partial charge in [0.2, 0.25) is 0 Å². The van der Waals surface area contributed by atoms with Crippen molar-refractivity contribution in [1.82, 2.24) is 5.32 Å². The topological polar surface area (TPSA) is 30.5 Å². The van der Waals surface area contributed by atoms with E-state index in [2.05, 4.69) is 17.4 Å². The highest BCUT2D eigenvalue weighted by atomic mass is 19.4. The molecule has 1 N–H and O–H groups in total. The second-order valence-electron chi connectivity index (χ2n) is 8.77. The predicted molar refractivity (Wildman–Crippen MR) is 128 cm³/mol. The first kappa shape index (κ1) is 24.3. The quantitative estimate of drug-likeness (QED) is 0.403. The van der Waals surface area contributed by atoms with Crippen molar-refractivity contribution in [1.29, 1.82) is 0 Å². The molecule has 1 aliphatic heterocycles. The molecule has 0 spiro atoms. The summed E-state index contributed by atoms with van der Waals surface area (Å²) in [6.45, 7) is 4.72. The van der Waals surface area contributed by atoms with Gasteiger partial charge >= 0.3 is 6.18 Å². The van der Waals surface area contributed by atoms with Gasteiger partial charge < -0.3 is 14.8 Å². The third-order valence-corrected chi connectivity index (χ3v) is 6.39. The summed E-state index contributed by atoms with van der Waals surface area (Å²) in [5.41, 5.74) is 2.08. The van der Waals surface area contributed by atoms with Gasteiger partial charge in [-0.3, -0.25) is 0 Å². The van der Waals surface area contributed by atoms with E-state index in [1.54, 1.807) is 30.3 Å². The summed E-state index contributed by atoms with van der Waals surface area (Å²) in [6.07, 6.45) is -2.59. The van der Waals surface area contributed by atoms with Crippen molar-refractivity contribution >= 4 is 0 Å². The molecular formula is C28H30F3NO2. The Bertz CT molecular complexity index is 1080. The van der Waals surface area contributed by atoms with Crippen LogP contribution in [0.1, 0.15) is 36.5 Å². The van der Waals surface area contributed by atoms with Gasteiger partial charge in [-0.15, -0.1) is 0 Å². The number of nitrogens with one attached hydrogen (secondary N) is 1. The second kappa shape index (κ2) is 10.6. The second-order valence-corrected chi connectivity index (χ2v) is 8.77. The molecule has 0 atom stereocenters. The van der Waals surface area contributed by atoms with Crippen LogP contribution in [0.4, 0.5) is 13.2 Å². The van der Waals surface area contributed by atoms with E-state index < -0.39 is 11.7 Å². The van der Waals surface area contributed by atoms with Crippen molar-refractivity contribution in [3.05, 3.63) is 89.5 Å². The van der Waals surface area contributed by atoms with Crippen molar-refractivity contribution in [3.63, 3.8) is 0 Å². The van der Waals surface area contributed by atoms with Gasteiger partial charge in [0.1, 0.15) is 5.75 Å². The molecule has 6 heteroatoms. The van der Waals surface area contributed by atoms with E-state index in [1.165, 1.54) is 17.7 Å². The van der Waals surface area contributed by atoms with Crippen LogP contribution in [-0.4, -0.2) is 26.3 Å². The molecule has 1 aliphatic rings. The van der Waals surface area contributed by atoms with Gasteiger partial charge in [-0.1, -0.05) is 42.5 Å². The Kier molecular flexibility index (Phi) is 7.59. The molecule has 34 heavy (non-hydrogen) atoms. The summed E-state index contributed by atoms with van der Waals surface area (Å²) in [7, 11) is 0. The summed E-state index contributed by atoms with van der Waals surface area (Å²) in [4.78, 5) is 0. The molecule has 0 radical (unpaired) electrons. The van der Waals surface area contributed by atoms with E-state index in [4.69, 9.17) is 9.47 Å². The van der Waals surface area contributed by atoms with E-state index >= 15 is 0 Å². The first-order valence-electron chi connectivity index (χ1n) is 11.7. The van der Waals surface area contributed by atoms with Gasteiger partial charge in [-0.2, -0.15) is 13.2 Å². The number of hydrogen-bond acceptors (Lipinski definition) is 3. The third-order valence-electron chi connectivity index (χ3n) is 6.39. The van der Waals surface area contributed by atoms with Crippen LogP contribution in [0.15, 0.2) is 72.8 Å². The van der Waals surface area contributed by atoms with Crippen LogP contribution in [0.2, 0.25) is 0 Å². The Morgan fingerprint density at radius 1 is 0.882 bits per heavy atom. The molecule has 0 aliphatic carbocycles. The lowest BCUT2D eigenvalue weighted by molar-refractivity contribution is -0.137. The Morgan fingerprint density at radius 3 is 2.35 bits per heavy atom. The summed E-state index contributed by atoms with van der Waals surface area (Å²) < 4.78 is 52.7. The molecule has 1 saturated heterocycles. The van der Waals surface area contributed by atoms with E-state index in [0.29, 0.717) is 35.7 Å². The fourth-order valence-corrected chi connectivity index (χ4v) is 4.62. The molecule has 4 rings (SSSR count). The molecule has 1 heterocycles. The Labute approximate surface area is 198 Å². The first-order valence-corrected chi connectivity index (χ1v) is 11.7. The number of benzene rings is 3. The van der Waals surface area contributed by atoms with Crippen LogP contribution in [0, 0.1) is 0 Å². The van der Waals surface area contributed by atoms with Crippen molar-refractivity contribution in [3.8, 4) is 16.9 Å². The number of hydrogen-bond donors (Lipinski definition) is 1. The smallest absolute Gasteiger partial charge is 0.416 e. The molecule has 180 valence electrons. The maximum atomic E-state index is 13.7. The molecule has 0 bridgehead atoms. The van der Waals surface area contributed by atoms with Crippen molar-refractivity contribution in [2.45, 2.75) is 38.0 Å². The molecule has 1 fully saturated rings. The Morgan fingerprint density at radius 2 is 1.65 bits per heavy atom. The predicted octanol–water partition coefficient (Wildman–Crippen LogP) is 6.61. The van der Waals surface area contributed by atoms with E-state index in [1.807, 2.05) is 25.1 Å². The van der Waals surface area contributed by atoms with E-state index in [0.717, 1.165) is 25.9 Å². The van der Waals surface area contributed by atoms with Crippen molar-refractivity contribution in [2.75, 3.05) is 26.3 Å². The van der Waals surface area contributed by atoms with Crippen LogP contribution in [-0.2, 0) is 22.9 Å². The van der Waals surface area contributed by atoms with Crippen LogP contribution in [0.5, 0.6) is 5.75 Å². The summed E-state index contributed by atoms with van der Waals surface area (Å²) in [5.74, 6) is 0.630. The molecule has 0 amide bonds. The number of halogens is 3. The SMILES string of the molecule is CCOc1cccc(-c2cc(COCC3(c4ccccc4)CCNCC3)cc(C(F)(F)F)c2)c1. The summed E-state index contributed by atoms with van der Waals surface area (Å²) >= 11 is 0. The normalized spacial score (nSPS) is 15.8. The molecule has 3 aromatic carbocycles. The maximum absolute atomic E-state index is 13.7. The molecule has 0 unspecified atom stereocenters. The highest BCUT2D eigenvalue weighted by Gasteiger charge is 2.34. The minimum atomic E-state index is -4.44. The van der Waals surface area contributed by atoms with E-state index in [-0.39, 0.29) is 12.0 Å². The summed E-state index contributed by atoms with van der Waals surface area (Å²) in [5, 5.41) is 3.39. The fraction of sp³-hybridized carbons (Fsp3) is 0.357. The maximum Gasteiger partial charge on any atom is 0.416 e. The zero-order chi connectivity index (χ0) is 24.0. The molecule has 3 aromatic rings. The van der Waals surface area contributed by atoms with Crippen LogP contribution in [0.25, 0.3) is 11.1 Å². The molecule has 0 aromatic heterocycles. The average Bonchev–Trinajstić information content (AvgIpc) is 2.85. The minimum Gasteiger partial charge on any atom is -0.494 e. The molecular weight excluding hydrogens is 439 g/mol. The zero-order valence-corrected chi connectivity index (χ0v) is 19.3. The lowest BCUT2D eigenvalue weighted by Crippen LogP contribution is -2.43. The van der Waals surface area contributed by atoms with Gasteiger partial charge in [-0.25, -0.2) is 0 Å². The zero-order valence-electron chi connectivity index (χ0n) is 19.3. The van der Waals surface area contributed by atoms with Crippen LogP contribution < -0.4 is 10.1 Å². The van der Waals surface area contributed by atoms with Crippen LogP contribution in [0.3, 0.4) is 0 Å². The van der Waals surface area contributed by atoms with Crippen molar-refractivity contribution in [2.24, 2.45) is 0 Å². The number of piperidine rings is 1. The van der Waals surface area contributed by atoms with Gasteiger partial charge in [0.25, 0.3) is 0 Å². The Hall–Kier alpha value is -2.83. The lowest BCUT2D eigenvalue weighted by Gasteiger charge is -2.38. The van der Waals surface area contributed by atoms with Crippen molar-refractivity contribution < 1.29 is 22.6 Å². The average molecular weight is 470 g/mol. The standard InChI is InChI=1S/C28H30F3NO2/c1-2-34-26-10-6-7-22(18-26)23-15-21(16-25(17-23)28(29,30)31)19-33-20-27(11-13-32-14-12-27)24-8-4-3-5-9-24/h3-10,15-18,32H,2,11-14,19-20H2,1H3. The highest BCUT2D eigenvalue weighted by molar-refractivity contribution is 5.67. The van der Waals surface area contributed by atoms with Gasteiger partial charge in [0.15, 0.2) is 0 Å². The number of alkyl halides is 3. The fourth-order valence-electron chi connectivity index (χ4n) is 4.62. The number of ether oxygens (including phenoxy) is 2. The Balaban J connectivity index is 1.57. The summed E-state index contributed by atoms with van der Waals surface area (Å²) in [6, 6.07) is 21.6. The minimum absolute atomic E-state index is 0.115. The van der Waals surface area contributed by atoms with E-state index in [9.17, 15) is 13.2 Å². The van der Waals surface area contributed by atoms with Gasteiger partial charge in [0, 0.05) is 5.41 Å².